The Morgan fingerprint density at radius 3 is 2.86 bits per heavy atom. The molecule has 0 spiro atoms. The SMILES string of the molecule is NC(CCNCC1CCC(O)C1)=NO. The van der Waals surface area contributed by atoms with Gasteiger partial charge in [0.25, 0.3) is 0 Å². The number of hydrogen-bond donors (Lipinski definition) is 4. The second-order valence-electron chi connectivity index (χ2n) is 3.88. The summed E-state index contributed by atoms with van der Waals surface area (Å²) in [5.74, 6) is 0.834. The average Bonchev–Trinajstić information content (AvgIpc) is 2.58. The first-order chi connectivity index (χ1) is 6.72. The van der Waals surface area contributed by atoms with Crippen LogP contribution in [0.1, 0.15) is 25.7 Å². The molecule has 0 aromatic rings. The maximum atomic E-state index is 9.28. The smallest absolute Gasteiger partial charge is 0.140 e. The molecule has 5 N–H and O–H groups in total. The molecule has 0 radical (unpaired) electrons. The van der Waals surface area contributed by atoms with Crippen molar-refractivity contribution in [3.63, 3.8) is 0 Å². The lowest BCUT2D eigenvalue weighted by Gasteiger charge is -2.09. The van der Waals surface area contributed by atoms with E-state index in [1.165, 1.54) is 0 Å². The molecule has 0 aliphatic heterocycles. The summed E-state index contributed by atoms with van der Waals surface area (Å²) in [6.07, 6.45) is 3.37. The molecule has 1 fully saturated rings. The summed E-state index contributed by atoms with van der Waals surface area (Å²) in [7, 11) is 0. The van der Waals surface area contributed by atoms with Crippen LogP contribution >= 0.6 is 0 Å². The average molecular weight is 201 g/mol. The highest BCUT2D eigenvalue weighted by atomic mass is 16.4. The van der Waals surface area contributed by atoms with Gasteiger partial charge in [0, 0.05) is 13.0 Å². The molecule has 5 nitrogen and oxygen atoms in total. The van der Waals surface area contributed by atoms with Gasteiger partial charge in [-0.2, -0.15) is 0 Å². The molecule has 1 aliphatic carbocycles. The monoisotopic (exact) mass is 201 g/mol. The van der Waals surface area contributed by atoms with Crippen LogP contribution in [-0.4, -0.2) is 35.3 Å². The highest BCUT2D eigenvalue weighted by molar-refractivity contribution is 5.79. The normalized spacial score (nSPS) is 28.2. The lowest BCUT2D eigenvalue weighted by Crippen LogP contribution is -2.26. The summed E-state index contributed by atoms with van der Waals surface area (Å²) in [6, 6.07) is 0. The minimum atomic E-state index is -0.106. The molecular weight excluding hydrogens is 182 g/mol. The summed E-state index contributed by atoms with van der Waals surface area (Å²) in [6.45, 7) is 1.64. The van der Waals surface area contributed by atoms with Crippen LogP contribution in [0, 0.1) is 5.92 Å². The Bertz CT molecular complexity index is 196. The molecule has 0 saturated heterocycles. The molecule has 0 heterocycles. The van der Waals surface area contributed by atoms with Crippen LogP contribution < -0.4 is 11.1 Å². The predicted molar refractivity (Wildman–Crippen MR) is 54.2 cm³/mol. The summed E-state index contributed by atoms with van der Waals surface area (Å²) >= 11 is 0. The highest BCUT2D eigenvalue weighted by Gasteiger charge is 2.21. The van der Waals surface area contributed by atoms with Crippen LogP contribution in [0.15, 0.2) is 5.16 Å². The maximum Gasteiger partial charge on any atom is 0.140 e. The predicted octanol–water partition coefficient (Wildman–Crippen LogP) is -0.127. The van der Waals surface area contributed by atoms with Gasteiger partial charge < -0.3 is 21.4 Å². The quantitative estimate of drug-likeness (QED) is 0.164. The third-order valence-corrected chi connectivity index (χ3v) is 2.63. The van der Waals surface area contributed by atoms with Crippen molar-refractivity contribution in [2.45, 2.75) is 31.8 Å². The molecule has 1 rings (SSSR count). The number of hydrogen-bond acceptors (Lipinski definition) is 4. The van der Waals surface area contributed by atoms with Gasteiger partial charge in [0.2, 0.25) is 0 Å². The highest BCUT2D eigenvalue weighted by Crippen LogP contribution is 2.24. The van der Waals surface area contributed by atoms with Crippen molar-refractivity contribution in [3.8, 4) is 0 Å². The van der Waals surface area contributed by atoms with Crippen LogP contribution in [-0.2, 0) is 0 Å². The van der Waals surface area contributed by atoms with E-state index in [9.17, 15) is 5.11 Å². The van der Waals surface area contributed by atoms with E-state index in [4.69, 9.17) is 10.9 Å². The zero-order valence-electron chi connectivity index (χ0n) is 8.32. The Balaban J connectivity index is 1.99. The van der Waals surface area contributed by atoms with Crippen molar-refractivity contribution in [2.75, 3.05) is 13.1 Å². The van der Waals surface area contributed by atoms with E-state index in [0.717, 1.165) is 32.4 Å². The molecule has 0 aromatic carbocycles. The first-order valence-electron chi connectivity index (χ1n) is 5.07. The molecule has 1 aliphatic rings. The summed E-state index contributed by atoms with van der Waals surface area (Å²) < 4.78 is 0. The minimum Gasteiger partial charge on any atom is -0.409 e. The zero-order valence-corrected chi connectivity index (χ0v) is 8.32. The second kappa shape index (κ2) is 5.82. The molecule has 5 heteroatoms. The molecule has 0 bridgehead atoms. The first kappa shape index (κ1) is 11.3. The first-order valence-corrected chi connectivity index (χ1v) is 5.07. The van der Waals surface area contributed by atoms with Crippen molar-refractivity contribution >= 4 is 5.84 Å². The van der Waals surface area contributed by atoms with Crippen LogP contribution in [0.3, 0.4) is 0 Å². The van der Waals surface area contributed by atoms with Gasteiger partial charge in [0.05, 0.1) is 6.10 Å². The third-order valence-electron chi connectivity index (χ3n) is 2.63. The number of rotatable bonds is 5. The fraction of sp³-hybridized carbons (Fsp3) is 0.889. The molecule has 0 aromatic heterocycles. The van der Waals surface area contributed by atoms with E-state index in [1.54, 1.807) is 0 Å². The molecular formula is C9H19N3O2. The fourth-order valence-electron chi connectivity index (χ4n) is 1.81. The molecule has 82 valence electrons. The Morgan fingerprint density at radius 1 is 1.50 bits per heavy atom. The van der Waals surface area contributed by atoms with Crippen molar-refractivity contribution in [1.29, 1.82) is 0 Å². The number of amidine groups is 1. The van der Waals surface area contributed by atoms with Crippen molar-refractivity contribution < 1.29 is 10.3 Å². The van der Waals surface area contributed by atoms with E-state index in [0.29, 0.717) is 12.3 Å². The topological polar surface area (TPSA) is 90.9 Å². The fourth-order valence-corrected chi connectivity index (χ4v) is 1.81. The molecule has 14 heavy (non-hydrogen) atoms. The number of oxime groups is 1. The molecule has 0 amide bonds. The van der Waals surface area contributed by atoms with Gasteiger partial charge in [-0.1, -0.05) is 5.16 Å². The third kappa shape index (κ3) is 3.93. The lowest BCUT2D eigenvalue weighted by molar-refractivity contribution is 0.177. The Labute approximate surface area is 84.0 Å². The van der Waals surface area contributed by atoms with Crippen molar-refractivity contribution in [3.05, 3.63) is 0 Å². The second-order valence-corrected chi connectivity index (χ2v) is 3.88. The number of nitrogens with zero attached hydrogens (tertiary/aromatic N) is 1. The van der Waals surface area contributed by atoms with Crippen LogP contribution in [0.25, 0.3) is 0 Å². The van der Waals surface area contributed by atoms with Crippen LogP contribution in [0.2, 0.25) is 0 Å². The van der Waals surface area contributed by atoms with E-state index in [1.807, 2.05) is 0 Å². The molecule has 2 unspecified atom stereocenters. The van der Waals surface area contributed by atoms with Crippen LogP contribution in [0.5, 0.6) is 0 Å². The van der Waals surface area contributed by atoms with E-state index in [-0.39, 0.29) is 11.9 Å². The Kier molecular flexibility index (Phi) is 4.69. The summed E-state index contributed by atoms with van der Waals surface area (Å²) in [5, 5.41) is 23.7. The van der Waals surface area contributed by atoms with E-state index < -0.39 is 0 Å². The molecule has 2 atom stereocenters. The molecule has 1 saturated carbocycles. The van der Waals surface area contributed by atoms with E-state index >= 15 is 0 Å². The van der Waals surface area contributed by atoms with Crippen LogP contribution in [0.4, 0.5) is 0 Å². The van der Waals surface area contributed by atoms with Gasteiger partial charge in [-0.3, -0.25) is 0 Å². The summed E-state index contributed by atoms with van der Waals surface area (Å²) in [4.78, 5) is 0. The minimum absolute atomic E-state index is 0.106. The van der Waals surface area contributed by atoms with Gasteiger partial charge in [-0.15, -0.1) is 0 Å². The van der Waals surface area contributed by atoms with Gasteiger partial charge in [-0.05, 0) is 31.7 Å². The number of aliphatic hydroxyl groups excluding tert-OH is 1. The van der Waals surface area contributed by atoms with Gasteiger partial charge in [0.1, 0.15) is 5.84 Å². The van der Waals surface area contributed by atoms with Crippen molar-refractivity contribution in [2.24, 2.45) is 16.8 Å². The number of aliphatic hydroxyl groups is 1. The standard InChI is InChI=1S/C9H19N3O2/c10-9(12-14)3-4-11-6-7-1-2-8(13)5-7/h7-8,11,13-14H,1-6H2,(H2,10,12). The van der Waals surface area contributed by atoms with Crippen molar-refractivity contribution in [1.82, 2.24) is 5.32 Å². The number of nitrogens with two attached hydrogens (primary N) is 1. The maximum absolute atomic E-state index is 9.28. The number of nitrogens with one attached hydrogen (secondary N) is 1. The summed E-state index contributed by atoms with van der Waals surface area (Å²) in [5.41, 5.74) is 5.31. The Hall–Kier alpha value is -0.810. The largest absolute Gasteiger partial charge is 0.409 e. The van der Waals surface area contributed by atoms with E-state index in [2.05, 4.69) is 10.5 Å². The Morgan fingerprint density at radius 2 is 2.29 bits per heavy atom. The van der Waals surface area contributed by atoms with Gasteiger partial charge in [0.15, 0.2) is 0 Å². The van der Waals surface area contributed by atoms with Gasteiger partial charge in [-0.25, -0.2) is 0 Å². The zero-order chi connectivity index (χ0) is 10.4. The van der Waals surface area contributed by atoms with Gasteiger partial charge >= 0.3 is 0 Å². The lowest BCUT2D eigenvalue weighted by atomic mass is 10.1.